The van der Waals surface area contributed by atoms with E-state index in [9.17, 15) is 4.79 Å². The van der Waals surface area contributed by atoms with Gasteiger partial charge in [0.1, 0.15) is 0 Å². The summed E-state index contributed by atoms with van der Waals surface area (Å²) >= 11 is 5.89. The fraction of sp³-hybridized carbons (Fsp3) is 0.0588. The molecule has 0 atom stereocenters. The Hall–Kier alpha value is -2.99. The van der Waals surface area contributed by atoms with Gasteiger partial charge >= 0.3 is 0 Å². The van der Waals surface area contributed by atoms with Crippen molar-refractivity contribution in [3.63, 3.8) is 0 Å². The molecule has 1 N–H and O–H groups in total. The van der Waals surface area contributed by atoms with Crippen LogP contribution in [0.1, 0.15) is 10.4 Å². The summed E-state index contributed by atoms with van der Waals surface area (Å²) in [6.45, 7) is 0.156. The lowest BCUT2D eigenvalue weighted by atomic mass is 10.1. The first kappa shape index (κ1) is 14.6. The smallest absolute Gasteiger partial charge is 0.258 e. The van der Waals surface area contributed by atoms with Crippen molar-refractivity contribution in [3.05, 3.63) is 59.2 Å². The maximum atomic E-state index is 12.4. The molecule has 4 rings (SSSR count). The summed E-state index contributed by atoms with van der Waals surface area (Å²) < 4.78 is 15.7. The van der Waals surface area contributed by atoms with Crippen molar-refractivity contribution >= 4 is 23.4 Å². The molecular formula is C17H11ClN2O4. The van der Waals surface area contributed by atoms with Gasteiger partial charge in [-0.15, -0.1) is 0 Å². The number of hydrogen-bond acceptors (Lipinski definition) is 5. The van der Waals surface area contributed by atoms with Gasteiger partial charge in [0.05, 0.1) is 11.8 Å². The molecule has 0 radical (unpaired) electrons. The normalized spacial score (nSPS) is 12.2. The van der Waals surface area contributed by atoms with Gasteiger partial charge in [0.2, 0.25) is 12.7 Å². The third-order valence-electron chi connectivity index (χ3n) is 3.59. The number of carbonyl (C=O) groups is 1. The Morgan fingerprint density at radius 1 is 1.08 bits per heavy atom. The molecule has 2 heterocycles. The first-order valence-corrected chi connectivity index (χ1v) is 7.50. The molecule has 1 aliphatic heterocycles. The topological polar surface area (TPSA) is 73.6 Å². The van der Waals surface area contributed by atoms with Gasteiger partial charge < -0.3 is 14.0 Å². The number of ether oxygens (including phenoxy) is 2. The lowest BCUT2D eigenvalue weighted by molar-refractivity contribution is 0.102. The van der Waals surface area contributed by atoms with Gasteiger partial charge in [-0.25, -0.2) is 0 Å². The van der Waals surface area contributed by atoms with Crippen LogP contribution in [0.4, 0.5) is 5.88 Å². The minimum Gasteiger partial charge on any atom is -0.454 e. The van der Waals surface area contributed by atoms with Crippen LogP contribution in [0.3, 0.4) is 0 Å². The quantitative estimate of drug-likeness (QED) is 0.779. The van der Waals surface area contributed by atoms with Gasteiger partial charge in [0, 0.05) is 10.6 Å². The molecule has 1 aromatic heterocycles. The van der Waals surface area contributed by atoms with Gasteiger partial charge in [0.15, 0.2) is 11.5 Å². The van der Waals surface area contributed by atoms with E-state index in [-0.39, 0.29) is 18.6 Å². The number of halogens is 1. The molecule has 1 aliphatic rings. The van der Waals surface area contributed by atoms with Gasteiger partial charge in [0.25, 0.3) is 5.91 Å². The van der Waals surface area contributed by atoms with E-state index in [2.05, 4.69) is 10.5 Å². The van der Waals surface area contributed by atoms with Crippen LogP contribution in [-0.4, -0.2) is 17.9 Å². The van der Waals surface area contributed by atoms with Crippen molar-refractivity contribution in [2.45, 2.75) is 0 Å². The molecule has 1 amide bonds. The molecule has 3 aromatic rings. The summed E-state index contributed by atoms with van der Waals surface area (Å²) in [6.07, 6.45) is 1.54. The third-order valence-corrected chi connectivity index (χ3v) is 3.84. The zero-order chi connectivity index (χ0) is 16.5. The van der Waals surface area contributed by atoms with Crippen LogP contribution in [0.2, 0.25) is 5.02 Å². The predicted octanol–water partition coefficient (Wildman–Crippen LogP) is 3.98. The monoisotopic (exact) mass is 342 g/mol. The van der Waals surface area contributed by atoms with Crippen molar-refractivity contribution in [1.82, 2.24) is 5.16 Å². The number of benzene rings is 2. The summed E-state index contributed by atoms with van der Waals surface area (Å²) in [5, 5.41) is 7.10. The number of carbonyl (C=O) groups excluding carboxylic acids is 1. The Bertz CT molecular complexity index is 905. The number of fused-ring (bicyclic) bond motifs is 1. The van der Waals surface area contributed by atoms with E-state index in [1.165, 1.54) is 0 Å². The van der Waals surface area contributed by atoms with E-state index in [0.717, 1.165) is 5.56 Å². The van der Waals surface area contributed by atoms with E-state index in [4.69, 9.17) is 25.6 Å². The molecule has 0 saturated carbocycles. The second-order valence-corrected chi connectivity index (χ2v) is 5.53. The van der Waals surface area contributed by atoms with E-state index >= 15 is 0 Å². The molecule has 7 heteroatoms. The largest absolute Gasteiger partial charge is 0.454 e. The number of amides is 1. The Morgan fingerprint density at radius 3 is 2.71 bits per heavy atom. The summed E-state index contributed by atoms with van der Waals surface area (Å²) in [5.41, 5.74) is 1.93. The second-order valence-electron chi connectivity index (χ2n) is 5.10. The fourth-order valence-electron chi connectivity index (χ4n) is 2.38. The van der Waals surface area contributed by atoms with Crippen molar-refractivity contribution in [1.29, 1.82) is 0 Å². The summed E-state index contributed by atoms with van der Waals surface area (Å²) in [5.74, 6) is 1.09. The molecule has 6 nitrogen and oxygen atoms in total. The van der Waals surface area contributed by atoms with Crippen molar-refractivity contribution < 1.29 is 18.8 Å². The summed E-state index contributed by atoms with van der Waals surface area (Å²) in [7, 11) is 0. The first-order chi connectivity index (χ1) is 11.7. The molecule has 0 spiro atoms. The Kier molecular flexibility index (Phi) is 3.59. The highest BCUT2D eigenvalue weighted by Crippen LogP contribution is 2.33. The van der Waals surface area contributed by atoms with Crippen LogP contribution in [0.15, 0.2) is 53.2 Å². The van der Waals surface area contributed by atoms with E-state index in [1.807, 2.05) is 12.1 Å². The van der Waals surface area contributed by atoms with Crippen LogP contribution in [0.5, 0.6) is 11.5 Å². The third kappa shape index (κ3) is 2.68. The van der Waals surface area contributed by atoms with Crippen LogP contribution in [0, 0.1) is 0 Å². The highest BCUT2D eigenvalue weighted by molar-refractivity contribution is 6.30. The van der Waals surface area contributed by atoms with Crippen LogP contribution < -0.4 is 14.8 Å². The SMILES string of the molecule is O=C(Nc1oncc1-c1ccc(Cl)cc1)c1ccc2c(c1)OCO2. The number of hydrogen-bond donors (Lipinski definition) is 1. The summed E-state index contributed by atoms with van der Waals surface area (Å²) in [4.78, 5) is 12.4. The molecule has 0 unspecified atom stereocenters. The maximum absolute atomic E-state index is 12.4. The van der Waals surface area contributed by atoms with Crippen LogP contribution >= 0.6 is 11.6 Å². The molecule has 0 saturated heterocycles. The van der Waals surface area contributed by atoms with Gasteiger partial charge in [-0.05, 0) is 35.9 Å². The summed E-state index contributed by atoms with van der Waals surface area (Å²) in [6, 6.07) is 12.1. The van der Waals surface area contributed by atoms with E-state index in [0.29, 0.717) is 27.6 Å². The van der Waals surface area contributed by atoms with Crippen molar-refractivity contribution in [3.8, 4) is 22.6 Å². The van der Waals surface area contributed by atoms with Gasteiger partial charge in [-0.3, -0.25) is 10.1 Å². The fourth-order valence-corrected chi connectivity index (χ4v) is 2.50. The molecule has 0 aliphatic carbocycles. The predicted molar refractivity (Wildman–Crippen MR) is 87.5 cm³/mol. The Labute approximate surface area is 141 Å². The Balaban J connectivity index is 1.59. The average molecular weight is 343 g/mol. The number of nitrogens with zero attached hydrogens (tertiary/aromatic N) is 1. The Morgan fingerprint density at radius 2 is 1.88 bits per heavy atom. The highest BCUT2D eigenvalue weighted by atomic mass is 35.5. The molecule has 0 bridgehead atoms. The lowest BCUT2D eigenvalue weighted by Gasteiger charge is -2.05. The molecule has 24 heavy (non-hydrogen) atoms. The average Bonchev–Trinajstić information content (AvgIpc) is 3.24. The molecule has 120 valence electrons. The van der Waals surface area contributed by atoms with E-state index in [1.54, 1.807) is 36.5 Å². The minimum atomic E-state index is -0.333. The molecule has 2 aromatic carbocycles. The van der Waals surface area contributed by atoms with Crippen molar-refractivity contribution in [2.24, 2.45) is 0 Å². The second kappa shape index (κ2) is 5.90. The number of rotatable bonds is 3. The lowest BCUT2D eigenvalue weighted by Crippen LogP contribution is -2.11. The zero-order valence-corrected chi connectivity index (χ0v) is 13.0. The number of anilines is 1. The highest BCUT2D eigenvalue weighted by Gasteiger charge is 2.18. The first-order valence-electron chi connectivity index (χ1n) is 7.12. The number of aromatic nitrogens is 1. The standard InChI is InChI=1S/C17H11ClN2O4/c18-12-4-1-10(2-5-12)13-8-19-24-17(13)20-16(21)11-3-6-14-15(7-11)23-9-22-14/h1-8H,9H2,(H,20,21). The maximum Gasteiger partial charge on any atom is 0.258 e. The van der Waals surface area contributed by atoms with Gasteiger partial charge in [-0.2, -0.15) is 0 Å². The minimum absolute atomic E-state index is 0.156. The number of nitrogens with one attached hydrogen (secondary N) is 1. The van der Waals surface area contributed by atoms with Crippen LogP contribution in [0.25, 0.3) is 11.1 Å². The van der Waals surface area contributed by atoms with Crippen LogP contribution in [-0.2, 0) is 0 Å². The molecule has 0 fully saturated rings. The van der Waals surface area contributed by atoms with E-state index < -0.39 is 0 Å². The molecular weight excluding hydrogens is 332 g/mol. The zero-order valence-electron chi connectivity index (χ0n) is 12.3. The van der Waals surface area contributed by atoms with Gasteiger partial charge in [-0.1, -0.05) is 28.9 Å². The van der Waals surface area contributed by atoms with Crippen molar-refractivity contribution in [2.75, 3.05) is 12.1 Å².